The number of likely N-dealkylation sites (N-methyl/N-ethyl adjacent to an activating group) is 1. The van der Waals surface area contributed by atoms with E-state index in [1.807, 2.05) is 18.2 Å². The molecular weight excluding hydrogens is 274 g/mol. The van der Waals surface area contributed by atoms with Gasteiger partial charge >= 0.3 is 5.97 Å². The van der Waals surface area contributed by atoms with Crippen LogP contribution in [-0.4, -0.2) is 36.1 Å². The average Bonchev–Trinajstić information content (AvgIpc) is 2.86. The number of halogens is 1. The molecule has 1 aliphatic heterocycles. The predicted molar refractivity (Wildman–Crippen MR) is 79.5 cm³/mol. The highest BCUT2D eigenvalue weighted by molar-refractivity contribution is 6.31. The van der Waals surface area contributed by atoms with E-state index < -0.39 is 11.4 Å². The maximum Gasteiger partial charge on any atom is 0.314 e. The molecule has 1 aromatic carbocycles. The summed E-state index contributed by atoms with van der Waals surface area (Å²) < 4.78 is 0. The Morgan fingerprint density at radius 3 is 2.50 bits per heavy atom. The Morgan fingerprint density at radius 1 is 1.35 bits per heavy atom. The zero-order valence-corrected chi connectivity index (χ0v) is 12.5. The van der Waals surface area contributed by atoms with Crippen LogP contribution in [0.1, 0.15) is 42.7 Å². The number of nitrogens with zero attached hydrogens (tertiary/aromatic N) is 1. The van der Waals surface area contributed by atoms with Crippen molar-refractivity contribution in [1.82, 2.24) is 4.90 Å². The van der Waals surface area contributed by atoms with E-state index in [1.54, 1.807) is 0 Å². The molecule has 0 aromatic heterocycles. The molecule has 3 rings (SSSR count). The molecule has 0 amide bonds. The largest absolute Gasteiger partial charge is 0.481 e. The highest BCUT2D eigenvalue weighted by Gasteiger charge is 2.43. The van der Waals surface area contributed by atoms with Gasteiger partial charge in [-0.1, -0.05) is 36.6 Å². The van der Waals surface area contributed by atoms with Crippen molar-refractivity contribution in [2.24, 2.45) is 0 Å². The van der Waals surface area contributed by atoms with Crippen LogP contribution in [0.2, 0.25) is 5.02 Å². The van der Waals surface area contributed by atoms with Crippen LogP contribution in [0.25, 0.3) is 0 Å². The third-order valence-electron chi connectivity index (χ3n) is 4.92. The molecule has 0 unspecified atom stereocenters. The van der Waals surface area contributed by atoms with Gasteiger partial charge in [0.2, 0.25) is 0 Å². The highest BCUT2D eigenvalue weighted by atomic mass is 35.5. The summed E-state index contributed by atoms with van der Waals surface area (Å²) in [5.41, 5.74) is 1.33. The van der Waals surface area contributed by atoms with Gasteiger partial charge in [0.25, 0.3) is 0 Å². The fourth-order valence-electron chi connectivity index (χ4n) is 3.66. The Morgan fingerprint density at radius 2 is 2.00 bits per heavy atom. The molecular formula is C16H20ClNO2. The molecule has 4 heteroatoms. The number of rotatable bonds is 3. The van der Waals surface area contributed by atoms with Crippen LogP contribution in [0.15, 0.2) is 18.2 Å². The quantitative estimate of drug-likeness (QED) is 0.930. The van der Waals surface area contributed by atoms with Crippen molar-refractivity contribution in [3.63, 3.8) is 0 Å². The number of likely N-dealkylation sites (tertiary alicyclic amines) is 1. The molecule has 3 nitrogen and oxygen atoms in total. The zero-order chi connectivity index (χ0) is 14.3. The molecule has 0 radical (unpaired) electrons. The van der Waals surface area contributed by atoms with Gasteiger partial charge in [0.15, 0.2) is 0 Å². The van der Waals surface area contributed by atoms with E-state index in [0.717, 1.165) is 54.9 Å². The molecule has 0 bridgehead atoms. The van der Waals surface area contributed by atoms with Crippen LogP contribution >= 0.6 is 11.6 Å². The fraction of sp³-hybridized carbons (Fsp3) is 0.562. The first-order valence-electron chi connectivity index (χ1n) is 7.25. The first kappa shape index (κ1) is 13.9. The van der Waals surface area contributed by atoms with Crippen molar-refractivity contribution in [2.75, 3.05) is 20.1 Å². The molecule has 1 saturated heterocycles. The van der Waals surface area contributed by atoms with Crippen LogP contribution in [0.5, 0.6) is 0 Å². The molecule has 0 atom stereocenters. The summed E-state index contributed by atoms with van der Waals surface area (Å²) in [5, 5.41) is 10.4. The minimum atomic E-state index is -0.710. The number of hydrogen-bond acceptors (Lipinski definition) is 2. The second-order valence-corrected chi connectivity index (χ2v) is 6.66. The smallest absolute Gasteiger partial charge is 0.314 e. The van der Waals surface area contributed by atoms with Crippen molar-refractivity contribution < 1.29 is 9.90 Å². The summed E-state index contributed by atoms with van der Waals surface area (Å²) in [4.78, 5) is 14.0. The summed E-state index contributed by atoms with van der Waals surface area (Å²) >= 11 is 6.42. The lowest BCUT2D eigenvalue weighted by Crippen LogP contribution is -2.41. The minimum Gasteiger partial charge on any atom is -0.481 e. The number of carboxylic acid groups (broad SMARTS) is 1. The van der Waals surface area contributed by atoms with Crippen molar-refractivity contribution in [2.45, 2.75) is 37.0 Å². The van der Waals surface area contributed by atoms with E-state index in [2.05, 4.69) is 11.9 Å². The lowest BCUT2D eigenvalue weighted by atomic mass is 9.78. The van der Waals surface area contributed by atoms with Crippen LogP contribution in [0.3, 0.4) is 0 Å². The van der Waals surface area contributed by atoms with Gasteiger partial charge in [-0.3, -0.25) is 4.79 Å². The van der Waals surface area contributed by atoms with E-state index in [1.165, 1.54) is 0 Å². The van der Waals surface area contributed by atoms with E-state index in [9.17, 15) is 9.90 Å². The molecule has 1 heterocycles. The molecule has 2 fully saturated rings. The summed E-state index contributed by atoms with van der Waals surface area (Å²) in [5.74, 6) is -0.215. The van der Waals surface area contributed by atoms with Gasteiger partial charge in [0.1, 0.15) is 0 Å². The van der Waals surface area contributed by atoms with Gasteiger partial charge in [0.05, 0.1) is 5.41 Å². The Kier molecular flexibility index (Phi) is 3.51. The molecule has 1 N–H and O–H groups in total. The predicted octanol–water partition coefficient (Wildman–Crippen LogP) is 3.27. The molecule has 1 saturated carbocycles. The van der Waals surface area contributed by atoms with Gasteiger partial charge in [-0.2, -0.15) is 0 Å². The van der Waals surface area contributed by atoms with E-state index in [-0.39, 0.29) is 0 Å². The first-order valence-corrected chi connectivity index (χ1v) is 7.62. The number of carboxylic acids is 1. The molecule has 1 aliphatic carbocycles. The number of aliphatic carboxylic acids is 1. The Hall–Kier alpha value is -1.06. The fourth-order valence-corrected chi connectivity index (χ4v) is 3.99. The maximum absolute atomic E-state index is 11.7. The third-order valence-corrected chi connectivity index (χ3v) is 5.25. The van der Waals surface area contributed by atoms with E-state index in [0.29, 0.717) is 5.92 Å². The number of benzene rings is 1. The Balaban J connectivity index is 1.91. The summed E-state index contributed by atoms with van der Waals surface area (Å²) in [6.45, 7) is 2.06. The SMILES string of the molecule is CN1CC(c2ccc(C3(C(=O)O)CCCC3)cc2Cl)C1. The molecule has 20 heavy (non-hydrogen) atoms. The molecule has 108 valence electrons. The second-order valence-electron chi connectivity index (χ2n) is 6.25. The Labute approximate surface area is 124 Å². The topological polar surface area (TPSA) is 40.5 Å². The molecule has 0 spiro atoms. The number of hydrogen-bond donors (Lipinski definition) is 1. The van der Waals surface area contributed by atoms with Gasteiger partial charge < -0.3 is 10.0 Å². The van der Waals surface area contributed by atoms with Gasteiger partial charge in [-0.15, -0.1) is 0 Å². The van der Waals surface area contributed by atoms with Gasteiger partial charge in [0, 0.05) is 24.0 Å². The maximum atomic E-state index is 11.7. The van der Waals surface area contributed by atoms with E-state index >= 15 is 0 Å². The van der Waals surface area contributed by atoms with Crippen molar-refractivity contribution >= 4 is 17.6 Å². The average molecular weight is 294 g/mol. The van der Waals surface area contributed by atoms with Gasteiger partial charge in [-0.05, 0) is 37.1 Å². The van der Waals surface area contributed by atoms with E-state index in [4.69, 9.17) is 11.6 Å². The van der Waals surface area contributed by atoms with Crippen molar-refractivity contribution in [3.8, 4) is 0 Å². The highest BCUT2D eigenvalue weighted by Crippen LogP contribution is 2.43. The lowest BCUT2D eigenvalue weighted by molar-refractivity contribution is -0.143. The monoisotopic (exact) mass is 293 g/mol. The molecule has 2 aliphatic rings. The Bertz CT molecular complexity index is 531. The molecule has 1 aromatic rings. The normalized spacial score (nSPS) is 22.7. The lowest BCUT2D eigenvalue weighted by Gasteiger charge is -2.37. The first-order chi connectivity index (χ1) is 9.53. The zero-order valence-electron chi connectivity index (χ0n) is 11.7. The summed E-state index contributed by atoms with van der Waals surface area (Å²) in [7, 11) is 2.09. The van der Waals surface area contributed by atoms with Crippen molar-refractivity contribution in [3.05, 3.63) is 34.3 Å². The third kappa shape index (κ3) is 2.13. The summed E-state index contributed by atoms with van der Waals surface area (Å²) in [6.07, 6.45) is 3.42. The van der Waals surface area contributed by atoms with Gasteiger partial charge in [-0.25, -0.2) is 0 Å². The van der Waals surface area contributed by atoms with Crippen LogP contribution in [0, 0.1) is 0 Å². The van der Waals surface area contributed by atoms with Crippen LogP contribution in [0.4, 0.5) is 0 Å². The van der Waals surface area contributed by atoms with Crippen molar-refractivity contribution in [1.29, 1.82) is 0 Å². The van der Waals surface area contributed by atoms with Crippen LogP contribution in [-0.2, 0) is 10.2 Å². The standard InChI is InChI=1S/C16H20ClNO2/c1-18-9-11(10-18)13-5-4-12(8-14(13)17)16(15(19)20)6-2-3-7-16/h4-5,8,11H,2-3,6-7,9-10H2,1H3,(H,19,20). The minimum absolute atomic E-state index is 0.492. The second kappa shape index (κ2) is 5.05. The van der Waals surface area contributed by atoms with Crippen LogP contribution < -0.4 is 0 Å². The number of carbonyl (C=O) groups is 1. The summed E-state index contributed by atoms with van der Waals surface area (Å²) in [6, 6.07) is 5.92.